The van der Waals surface area contributed by atoms with E-state index in [0.717, 1.165) is 30.0 Å². The molecule has 1 fully saturated rings. The number of ether oxygens (including phenoxy) is 1. The average molecular weight is 491 g/mol. The molecule has 0 saturated carbocycles. The van der Waals surface area contributed by atoms with Crippen molar-refractivity contribution in [2.45, 2.75) is 60.8 Å². The van der Waals surface area contributed by atoms with Crippen molar-refractivity contribution in [1.82, 2.24) is 0 Å². The molecule has 2 atom stereocenters. The van der Waals surface area contributed by atoms with Crippen molar-refractivity contribution in [2.24, 2.45) is 0 Å². The van der Waals surface area contributed by atoms with Crippen LogP contribution in [0.2, 0.25) is 0 Å². The van der Waals surface area contributed by atoms with Crippen LogP contribution in [0.5, 0.6) is 0 Å². The minimum atomic E-state index is -1.08. The third-order valence-corrected chi connectivity index (χ3v) is 7.63. The molecule has 2 aromatic rings. The van der Waals surface area contributed by atoms with E-state index in [1.807, 2.05) is 52.0 Å². The van der Waals surface area contributed by atoms with Crippen LogP contribution in [0.15, 0.2) is 78.1 Å². The summed E-state index contributed by atoms with van der Waals surface area (Å²) >= 11 is 0. The van der Waals surface area contributed by atoms with Crippen molar-refractivity contribution in [1.29, 1.82) is 0 Å². The summed E-state index contributed by atoms with van der Waals surface area (Å²) in [7, 11) is -2.00. The molecule has 1 saturated heterocycles. The summed E-state index contributed by atoms with van der Waals surface area (Å²) in [5.41, 5.74) is 1.49. The predicted octanol–water partition coefficient (Wildman–Crippen LogP) is 6.46. The maximum Gasteiger partial charge on any atom is 0.151 e. The maximum absolute atomic E-state index is 11.8. The minimum Gasteiger partial charge on any atom is -0.381 e. The zero-order chi connectivity index (χ0) is 25.2. The molecule has 0 amide bonds. The summed E-state index contributed by atoms with van der Waals surface area (Å²) in [6, 6.07) is 14.6. The molecule has 33 heavy (non-hydrogen) atoms. The standard InChI is InChI=1S/C11H14OS.C10H12O2S.C4H8O.C2H4/c1-4-10-7-5-6-8-11(10)13(12)9(2)3;1-8(2)13(12)10-6-4-3-5-9(10)7-11;1-2-4-5-3-1;1-2/h4-9H,1H2,2-3H3;3-8H,1-2H3;1-4H2;1-2H2. The molecule has 0 spiro atoms. The molecule has 0 bridgehead atoms. The molecule has 1 heterocycles. The smallest absolute Gasteiger partial charge is 0.151 e. The number of aldehydes is 1. The first-order chi connectivity index (χ1) is 15.8. The first kappa shape index (κ1) is 30.9. The van der Waals surface area contributed by atoms with Gasteiger partial charge in [-0.15, -0.1) is 13.2 Å². The van der Waals surface area contributed by atoms with E-state index in [0.29, 0.717) is 10.5 Å². The van der Waals surface area contributed by atoms with Crippen molar-refractivity contribution < 1.29 is 17.9 Å². The number of rotatable bonds is 6. The van der Waals surface area contributed by atoms with Gasteiger partial charge in [-0.3, -0.25) is 13.2 Å². The van der Waals surface area contributed by atoms with E-state index in [9.17, 15) is 13.2 Å². The second-order valence-corrected chi connectivity index (χ2v) is 11.4. The summed E-state index contributed by atoms with van der Waals surface area (Å²) in [5, 5.41) is 0.196. The molecule has 3 rings (SSSR count). The largest absolute Gasteiger partial charge is 0.381 e. The van der Waals surface area contributed by atoms with Gasteiger partial charge in [0, 0.05) is 39.1 Å². The number of hydrogen-bond donors (Lipinski definition) is 0. The Balaban J connectivity index is 0.000000483. The van der Waals surface area contributed by atoms with Gasteiger partial charge in [0.15, 0.2) is 6.29 Å². The van der Waals surface area contributed by atoms with Gasteiger partial charge in [-0.1, -0.05) is 76.7 Å². The Bertz CT molecular complexity index is 812. The lowest BCUT2D eigenvalue weighted by atomic mass is 10.2. The monoisotopic (exact) mass is 490 g/mol. The van der Waals surface area contributed by atoms with Gasteiger partial charge in [-0.05, 0) is 30.5 Å². The van der Waals surface area contributed by atoms with Crippen molar-refractivity contribution in [3.05, 3.63) is 79.4 Å². The van der Waals surface area contributed by atoms with Crippen LogP contribution in [-0.2, 0) is 26.3 Å². The Morgan fingerprint density at radius 2 is 1.18 bits per heavy atom. The van der Waals surface area contributed by atoms with Gasteiger partial charge in [0.2, 0.25) is 0 Å². The van der Waals surface area contributed by atoms with Gasteiger partial charge in [0.1, 0.15) is 0 Å². The summed E-state index contributed by atoms with van der Waals surface area (Å²) in [6.07, 6.45) is 5.05. The summed E-state index contributed by atoms with van der Waals surface area (Å²) < 4.78 is 28.4. The van der Waals surface area contributed by atoms with Crippen LogP contribution in [0.25, 0.3) is 6.08 Å². The van der Waals surface area contributed by atoms with Gasteiger partial charge in [-0.2, -0.15) is 0 Å². The first-order valence-corrected chi connectivity index (χ1v) is 13.4. The lowest BCUT2D eigenvalue weighted by Crippen LogP contribution is -2.07. The van der Waals surface area contributed by atoms with Gasteiger partial charge < -0.3 is 4.74 Å². The summed E-state index contributed by atoms with van der Waals surface area (Å²) in [6.45, 7) is 19.4. The average Bonchev–Trinajstić information content (AvgIpc) is 3.45. The zero-order valence-electron chi connectivity index (χ0n) is 20.3. The van der Waals surface area contributed by atoms with Crippen LogP contribution in [0.3, 0.4) is 0 Å². The van der Waals surface area contributed by atoms with E-state index in [2.05, 4.69) is 19.7 Å². The Morgan fingerprint density at radius 3 is 1.52 bits per heavy atom. The molecule has 182 valence electrons. The highest BCUT2D eigenvalue weighted by molar-refractivity contribution is 7.86. The van der Waals surface area contributed by atoms with Gasteiger partial charge in [0.05, 0.1) is 21.6 Å². The molecule has 4 nitrogen and oxygen atoms in total. The Morgan fingerprint density at radius 1 is 0.788 bits per heavy atom. The Labute approximate surface area is 205 Å². The van der Waals surface area contributed by atoms with E-state index in [-0.39, 0.29) is 10.5 Å². The fourth-order valence-electron chi connectivity index (χ4n) is 2.61. The third kappa shape index (κ3) is 11.5. The van der Waals surface area contributed by atoms with Crippen molar-refractivity contribution in [2.75, 3.05) is 13.2 Å². The minimum absolute atomic E-state index is 0.0427. The number of benzene rings is 2. The number of hydrogen-bond acceptors (Lipinski definition) is 4. The molecule has 1 aliphatic rings. The van der Waals surface area contributed by atoms with Crippen LogP contribution in [0, 0.1) is 0 Å². The molecule has 0 aromatic heterocycles. The Hall–Kier alpha value is -2.15. The first-order valence-electron chi connectivity index (χ1n) is 11.0. The molecule has 0 aliphatic carbocycles. The van der Waals surface area contributed by atoms with Crippen LogP contribution >= 0.6 is 0 Å². The quantitative estimate of drug-likeness (QED) is 0.344. The molecule has 1 aliphatic heterocycles. The second kappa shape index (κ2) is 18.3. The van der Waals surface area contributed by atoms with Crippen molar-refractivity contribution in [3.8, 4) is 0 Å². The van der Waals surface area contributed by atoms with E-state index in [1.54, 1.807) is 30.3 Å². The highest BCUT2D eigenvalue weighted by Crippen LogP contribution is 2.17. The van der Waals surface area contributed by atoms with Crippen LogP contribution in [0.4, 0.5) is 0 Å². The number of carbonyl (C=O) groups excluding carboxylic acids is 1. The molecule has 6 heteroatoms. The highest BCUT2D eigenvalue weighted by Gasteiger charge is 2.12. The van der Waals surface area contributed by atoms with Gasteiger partial charge in [0.25, 0.3) is 0 Å². The van der Waals surface area contributed by atoms with E-state index < -0.39 is 21.6 Å². The Kier molecular flexibility index (Phi) is 17.1. The highest BCUT2D eigenvalue weighted by atomic mass is 32.2. The molecular formula is C27H38O4S2. The van der Waals surface area contributed by atoms with Crippen LogP contribution in [-0.4, -0.2) is 38.4 Å². The molecule has 2 unspecified atom stereocenters. The number of carbonyl (C=O) groups is 1. The lowest BCUT2D eigenvalue weighted by molar-refractivity contribution is 0.112. The van der Waals surface area contributed by atoms with Crippen LogP contribution in [0.1, 0.15) is 56.5 Å². The predicted molar refractivity (Wildman–Crippen MR) is 143 cm³/mol. The fraction of sp³-hybridized carbons (Fsp3) is 0.370. The topological polar surface area (TPSA) is 60.4 Å². The molecule has 0 N–H and O–H groups in total. The van der Waals surface area contributed by atoms with Crippen LogP contribution < -0.4 is 0 Å². The second-order valence-electron chi connectivity index (χ2n) is 7.41. The van der Waals surface area contributed by atoms with E-state index in [4.69, 9.17) is 4.74 Å². The maximum atomic E-state index is 11.8. The van der Waals surface area contributed by atoms with Crippen molar-refractivity contribution in [3.63, 3.8) is 0 Å². The van der Waals surface area contributed by atoms with E-state index >= 15 is 0 Å². The third-order valence-electron chi connectivity index (χ3n) is 4.30. The lowest BCUT2D eigenvalue weighted by Gasteiger charge is -2.08. The summed E-state index contributed by atoms with van der Waals surface area (Å²) in [4.78, 5) is 12.1. The molecular weight excluding hydrogens is 452 g/mol. The van der Waals surface area contributed by atoms with E-state index in [1.165, 1.54) is 12.8 Å². The fourth-order valence-corrected chi connectivity index (χ4v) is 4.78. The zero-order valence-corrected chi connectivity index (χ0v) is 22.0. The normalized spacial score (nSPS) is 13.9. The SMILES string of the molecule is C1CCOC1.C=C.C=Cc1ccccc1S(=O)C(C)C.CC(C)S(=O)c1ccccc1C=O. The van der Waals surface area contributed by atoms with Gasteiger partial charge in [-0.25, -0.2) is 0 Å². The van der Waals surface area contributed by atoms with Crippen molar-refractivity contribution >= 4 is 34.0 Å². The van der Waals surface area contributed by atoms with Gasteiger partial charge >= 0.3 is 0 Å². The molecule has 0 radical (unpaired) electrons. The summed E-state index contributed by atoms with van der Waals surface area (Å²) in [5.74, 6) is 0. The molecule has 2 aromatic carbocycles.